The number of hydrogen-bond acceptors (Lipinski definition) is 4. The molecule has 15 heavy (non-hydrogen) atoms. The van der Waals surface area contributed by atoms with E-state index in [-0.39, 0.29) is 11.5 Å². The molecule has 1 aliphatic heterocycles. The van der Waals surface area contributed by atoms with Crippen molar-refractivity contribution in [2.24, 2.45) is 10.2 Å². The first kappa shape index (κ1) is 10.6. The van der Waals surface area contributed by atoms with Gasteiger partial charge in [-0.2, -0.15) is 5.11 Å². The lowest BCUT2D eigenvalue weighted by Gasteiger charge is -2.31. The SMILES string of the molecule is CC(=O)OC1(C)CC2(CCCCC2)N=N1. The first-order chi connectivity index (χ1) is 7.04. The van der Waals surface area contributed by atoms with E-state index in [0.29, 0.717) is 0 Å². The molecular formula is C11H18N2O2. The third-order valence-corrected chi connectivity index (χ3v) is 3.28. The van der Waals surface area contributed by atoms with Crippen LogP contribution < -0.4 is 0 Å². The molecule has 2 rings (SSSR count). The van der Waals surface area contributed by atoms with Crippen molar-refractivity contribution in [3.8, 4) is 0 Å². The van der Waals surface area contributed by atoms with Crippen molar-refractivity contribution >= 4 is 5.97 Å². The second kappa shape index (κ2) is 3.58. The van der Waals surface area contributed by atoms with Crippen LogP contribution in [0, 0.1) is 0 Å². The van der Waals surface area contributed by atoms with Gasteiger partial charge in [-0.3, -0.25) is 4.79 Å². The second-order valence-electron chi connectivity index (χ2n) is 4.93. The van der Waals surface area contributed by atoms with Crippen molar-refractivity contribution in [3.05, 3.63) is 0 Å². The Balaban J connectivity index is 2.05. The summed E-state index contributed by atoms with van der Waals surface area (Å²) >= 11 is 0. The first-order valence-electron chi connectivity index (χ1n) is 5.67. The zero-order chi connectivity index (χ0) is 10.9. The molecule has 1 saturated carbocycles. The fourth-order valence-corrected chi connectivity index (χ4v) is 2.75. The van der Waals surface area contributed by atoms with Crippen LogP contribution in [0.25, 0.3) is 0 Å². The van der Waals surface area contributed by atoms with E-state index >= 15 is 0 Å². The van der Waals surface area contributed by atoms with E-state index in [1.165, 1.54) is 26.2 Å². The third-order valence-electron chi connectivity index (χ3n) is 3.28. The molecule has 1 atom stereocenters. The van der Waals surface area contributed by atoms with Gasteiger partial charge in [0.25, 0.3) is 0 Å². The van der Waals surface area contributed by atoms with Crippen molar-refractivity contribution < 1.29 is 9.53 Å². The van der Waals surface area contributed by atoms with Gasteiger partial charge in [0.1, 0.15) is 0 Å². The van der Waals surface area contributed by atoms with E-state index in [2.05, 4.69) is 10.2 Å². The van der Waals surface area contributed by atoms with Crippen LogP contribution in [0.3, 0.4) is 0 Å². The van der Waals surface area contributed by atoms with Gasteiger partial charge in [-0.15, -0.1) is 5.11 Å². The van der Waals surface area contributed by atoms with Gasteiger partial charge >= 0.3 is 5.97 Å². The molecule has 1 spiro atoms. The fraction of sp³-hybridized carbons (Fsp3) is 0.909. The number of carbonyl (C=O) groups excluding carboxylic acids is 1. The van der Waals surface area contributed by atoms with Crippen LogP contribution in [0.5, 0.6) is 0 Å². The van der Waals surface area contributed by atoms with Crippen molar-refractivity contribution in [1.82, 2.24) is 0 Å². The summed E-state index contributed by atoms with van der Waals surface area (Å²) in [4.78, 5) is 11.0. The highest BCUT2D eigenvalue weighted by Gasteiger charge is 2.46. The van der Waals surface area contributed by atoms with E-state index in [1.54, 1.807) is 0 Å². The molecule has 0 bridgehead atoms. The zero-order valence-corrected chi connectivity index (χ0v) is 9.45. The highest BCUT2D eigenvalue weighted by atomic mass is 16.6. The van der Waals surface area contributed by atoms with Crippen LogP contribution in [0.2, 0.25) is 0 Å². The molecule has 0 radical (unpaired) electrons. The van der Waals surface area contributed by atoms with Crippen LogP contribution >= 0.6 is 0 Å². The maximum atomic E-state index is 11.0. The monoisotopic (exact) mass is 210 g/mol. The predicted molar refractivity (Wildman–Crippen MR) is 55.5 cm³/mol. The van der Waals surface area contributed by atoms with Crippen molar-refractivity contribution in [1.29, 1.82) is 0 Å². The smallest absolute Gasteiger partial charge is 0.304 e. The minimum atomic E-state index is -0.705. The zero-order valence-electron chi connectivity index (χ0n) is 9.45. The minimum Gasteiger partial charge on any atom is -0.436 e. The number of ether oxygens (including phenoxy) is 1. The van der Waals surface area contributed by atoms with Crippen molar-refractivity contribution in [2.75, 3.05) is 0 Å². The summed E-state index contributed by atoms with van der Waals surface area (Å²) in [6, 6.07) is 0. The normalized spacial score (nSPS) is 33.2. The molecule has 0 aromatic carbocycles. The standard InChI is InChI=1S/C11H18N2O2/c1-9(14)15-10(2)8-11(13-12-10)6-4-3-5-7-11/h3-8H2,1-2H3. The van der Waals surface area contributed by atoms with Crippen LogP contribution in [-0.2, 0) is 9.53 Å². The molecule has 84 valence electrons. The molecular weight excluding hydrogens is 192 g/mol. The van der Waals surface area contributed by atoms with Gasteiger partial charge in [0, 0.05) is 13.3 Å². The Morgan fingerprint density at radius 2 is 1.87 bits per heavy atom. The Labute approximate surface area is 90.1 Å². The Bertz CT molecular complexity index is 295. The van der Waals surface area contributed by atoms with Crippen molar-refractivity contribution in [2.45, 2.75) is 63.6 Å². The Morgan fingerprint density at radius 3 is 2.47 bits per heavy atom. The summed E-state index contributed by atoms with van der Waals surface area (Å²) in [6.45, 7) is 3.27. The summed E-state index contributed by atoms with van der Waals surface area (Å²) < 4.78 is 5.23. The molecule has 0 saturated heterocycles. The number of azo groups is 1. The molecule has 0 aromatic rings. The van der Waals surface area contributed by atoms with Gasteiger partial charge in [-0.1, -0.05) is 19.3 Å². The lowest BCUT2D eigenvalue weighted by Crippen LogP contribution is -2.35. The summed E-state index contributed by atoms with van der Waals surface area (Å²) in [5.41, 5.74) is -0.731. The maximum Gasteiger partial charge on any atom is 0.304 e. The van der Waals surface area contributed by atoms with E-state index in [9.17, 15) is 4.79 Å². The average molecular weight is 210 g/mol. The maximum absolute atomic E-state index is 11.0. The van der Waals surface area contributed by atoms with Gasteiger partial charge in [0.2, 0.25) is 5.72 Å². The summed E-state index contributed by atoms with van der Waals surface area (Å²) in [6.07, 6.45) is 6.67. The Morgan fingerprint density at radius 1 is 1.20 bits per heavy atom. The fourth-order valence-electron chi connectivity index (χ4n) is 2.75. The summed E-state index contributed by atoms with van der Waals surface area (Å²) in [5.74, 6) is -0.274. The van der Waals surface area contributed by atoms with E-state index < -0.39 is 5.72 Å². The number of nitrogens with zero attached hydrogens (tertiary/aromatic N) is 2. The minimum absolute atomic E-state index is 0.0253. The summed E-state index contributed by atoms with van der Waals surface area (Å²) in [5, 5.41) is 8.55. The molecule has 4 nitrogen and oxygen atoms in total. The molecule has 2 aliphatic rings. The molecule has 4 heteroatoms. The Kier molecular flexibility index (Phi) is 2.52. The first-order valence-corrected chi connectivity index (χ1v) is 5.67. The van der Waals surface area contributed by atoms with Crippen LogP contribution in [0.15, 0.2) is 10.2 Å². The largest absolute Gasteiger partial charge is 0.436 e. The molecule has 0 amide bonds. The molecule has 0 N–H and O–H groups in total. The van der Waals surface area contributed by atoms with Crippen LogP contribution in [0.1, 0.15) is 52.4 Å². The number of rotatable bonds is 1. The molecule has 1 unspecified atom stereocenters. The van der Waals surface area contributed by atoms with E-state index in [4.69, 9.17) is 4.74 Å². The van der Waals surface area contributed by atoms with Crippen molar-refractivity contribution in [3.63, 3.8) is 0 Å². The lowest BCUT2D eigenvalue weighted by molar-refractivity contribution is -0.155. The predicted octanol–water partition coefficient (Wildman–Crippen LogP) is 2.82. The van der Waals surface area contributed by atoms with Gasteiger partial charge in [-0.25, -0.2) is 0 Å². The molecule has 0 aromatic heterocycles. The van der Waals surface area contributed by atoms with Gasteiger partial charge in [0.05, 0.1) is 5.54 Å². The lowest BCUT2D eigenvalue weighted by atomic mass is 9.78. The number of esters is 1. The molecule has 1 fully saturated rings. The topological polar surface area (TPSA) is 51.0 Å². The van der Waals surface area contributed by atoms with Gasteiger partial charge in [-0.05, 0) is 19.8 Å². The third kappa shape index (κ3) is 2.19. The highest BCUT2D eigenvalue weighted by molar-refractivity contribution is 5.66. The van der Waals surface area contributed by atoms with Crippen LogP contribution in [0.4, 0.5) is 0 Å². The molecule has 1 aliphatic carbocycles. The second-order valence-corrected chi connectivity index (χ2v) is 4.93. The quantitative estimate of drug-likeness (QED) is 0.625. The van der Waals surface area contributed by atoms with Crippen LogP contribution in [-0.4, -0.2) is 17.2 Å². The number of hydrogen-bond donors (Lipinski definition) is 0. The van der Waals surface area contributed by atoms with Gasteiger partial charge in [0.15, 0.2) is 0 Å². The Hall–Kier alpha value is -0.930. The highest BCUT2D eigenvalue weighted by Crippen LogP contribution is 2.44. The van der Waals surface area contributed by atoms with E-state index in [0.717, 1.165) is 19.3 Å². The van der Waals surface area contributed by atoms with Gasteiger partial charge < -0.3 is 4.74 Å². The van der Waals surface area contributed by atoms with E-state index in [1.807, 2.05) is 6.92 Å². The number of carbonyl (C=O) groups is 1. The average Bonchev–Trinajstić information content (AvgIpc) is 2.43. The summed E-state index contributed by atoms with van der Waals surface area (Å²) in [7, 11) is 0. The molecule has 1 heterocycles.